The fourth-order valence-electron chi connectivity index (χ4n) is 2.71. The van der Waals surface area contributed by atoms with Gasteiger partial charge in [-0.2, -0.15) is 0 Å². The third-order valence-corrected chi connectivity index (χ3v) is 4.59. The minimum Gasteiger partial charge on any atom is -0.460 e. The number of alkyl halides is 1. The molecule has 0 saturated carbocycles. The van der Waals surface area contributed by atoms with Gasteiger partial charge >= 0.3 is 0 Å². The summed E-state index contributed by atoms with van der Waals surface area (Å²) >= 11 is 7.06. The molecule has 0 saturated heterocycles. The summed E-state index contributed by atoms with van der Waals surface area (Å²) in [5, 5.41) is 0. The molecule has 0 amide bonds. The fourth-order valence-corrected chi connectivity index (χ4v) is 3.43. The van der Waals surface area contributed by atoms with Crippen LogP contribution in [0.4, 0.5) is 0 Å². The van der Waals surface area contributed by atoms with Crippen LogP contribution < -0.4 is 4.74 Å². The molecule has 3 rings (SSSR count). The highest BCUT2D eigenvalue weighted by molar-refractivity contribution is 9.10. The van der Waals surface area contributed by atoms with E-state index in [9.17, 15) is 4.79 Å². The summed E-state index contributed by atoms with van der Waals surface area (Å²) in [4.78, 5) is 11.9. The van der Waals surface area contributed by atoms with Crippen LogP contribution in [0.3, 0.4) is 0 Å². The summed E-state index contributed by atoms with van der Waals surface area (Å²) in [6, 6.07) is 15.7. The first-order valence-corrected chi connectivity index (χ1v) is 8.69. The van der Waals surface area contributed by atoms with Gasteiger partial charge in [-0.3, -0.25) is 0 Å². The minimum atomic E-state index is -0.335. The van der Waals surface area contributed by atoms with Crippen LogP contribution in [0.25, 0.3) is 5.57 Å². The minimum absolute atomic E-state index is 0.0157. The van der Waals surface area contributed by atoms with E-state index in [2.05, 4.69) is 31.9 Å². The molecule has 2 aromatic carbocycles. The van der Waals surface area contributed by atoms with Gasteiger partial charge in [0.1, 0.15) is 17.8 Å². The van der Waals surface area contributed by atoms with Crippen LogP contribution in [0.15, 0.2) is 58.8 Å². The van der Waals surface area contributed by atoms with Crippen molar-refractivity contribution in [2.45, 2.75) is 17.7 Å². The Morgan fingerprint density at radius 2 is 1.91 bits per heavy atom. The largest absolute Gasteiger partial charge is 0.460 e. The van der Waals surface area contributed by atoms with Gasteiger partial charge in [0.15, 0.2) is 0 Å². The van der Waals surface area contributed by atoms with Gasteiger partial charge in [-0.15, -0.1) is 0 Å². The molecular weight excluding hydrogens is 408 g/mol. The lowest BCUT2D eigenvalue weighted by atomic mass is 9.84. The van der Waals surface area contributed by atoms with Gasteiger partial charge in [0.25, 0.3) is 0 Å². The Morgan fingerprint density at radius 1 is 1.18 bits per heavy atom. The number of rotatable bonds is 3. The van der Waals surface area contributed by atoms with E-state index in [1.807, 2.05) is 55.5 Å². The smallest absolute Gasteiger partial charge is 0.132 e. The Kier molecular flexibility index (Phi) is 4.50. The highest BCUT2D eigenvalue weighted by Crippen LogP contribution is 2.45. The van der Waals surface area contributed by atoms with Gasteiger partial charge in [0.2, 0.25) is 0 Å². The van der Waals surface area contributed by atoms with Crippen molar-refractivity contribution in [2.75, 3.05) is 0 Å². The Balaban J connectivity index is 2.23. The molecule has 0 N–H and O–H groups in total. The summed E-state index contributed by atoms with van der Waals surface area (Å²) < 4.78 is 7.04. The van der Waals surface area contributed by atoms with E-state index in [1.54, 1.807) is 0 Å². The number of carbonyl (C=O) groups is 1. The lowest BCUT2D eigenvalue weighted by Gasteiger charge is -2.29. The molecule has 2 aromatic rings. The van der Waals surface area contributed by atoms with Crippen molar-refractivity contribution in [3.05, 3.63) is 69.9 Å². The molecule has 22 heavy (non-hydrogen) atoms. The molecule has 1 heterocycles. The molecule has 0 fully saturated rings. The van der Waals surface area contributed by atoms with E-state index >= 15 is 0 Å². The third kappa shape index (κ3) is 2.77. The van der Waals surface area contributed by atoms with Crippen LogP contribution in [0.2, 0.25) is 0 Å². The molecule has 0 bridgehead atoms. The van der Waals surface area contributed by atoms with Gasteiger partial charge in [-0.05, 0) is 30.7 Å². The molecule has 2 unspecified atom stereocenters. The maximum atomic E-state index is 11.9. The van der Waals surface area contributed by atoms with Crippen molar-refractivity contribution in [3.63, 3.8) is 0 Å². The lowest BCUT2D eigenvalue weighted by Crippen LogP contribution is -2.20. The van der Waals surface area contributed by atoms with E-state index in [-0.39, 0.29) is 10.7 Å². The number of fused-ring (bicyclic) bond motifs is 1. The quantitative estimate of drug-likeness (QED) is 0.495. The summed E-state index contributed by atoms with van der Waals surface area (Å²) in [5.41, 5.74) is 2.82. The van der Waals surface area contributed by atoms with Gasteiger partial charge in [-0.25, -0.2) is 0 Å². The van der Waals surface area contributed by atoms with E-state index in [1.165, 1.54) is 0 Å². The van der Waals surface area contributed by atoms with Crippen molar-refractivity contribution in [2.24, 2.45) is 0 Å². The van der Waals surface area contributed by atoms with Crippen LogP contribution in [0, 0.1) is 0 Å². The van der Waals surface area contributed by atoms with Gasteiger partial charge in [0, 0.05) is 15.6 Å². The first-order chi connectivity index (χ1) is 10.6. The average molecular weight is 422 g/mol. The number of hydrogen-bond acceptors (Lipinski definition) is 2. The zero-order valence-corrected chi connectivity index (χ0v) is 15.1. The first-order valence-electron chi connectivity index (χ1n) is 6.98. The van der Waals surface area contributed by atoms with Crippen LogP contribution in [-0.2, 0) is 4.79 Å². The molecule has 1 aliphatic heterocycles. The maximum Gasteiger partial charge on any atom is 0.132 e. The third-order valence-electron chi connectivity index (χ3n) is 3.69. The van der Waals surface area contributed by atoms with Crippen molar-refractivity contribution >= 4 is 43.7 Å². The Morgan fingerprint density at radius 3 is 2.55 bits per heavy atom. The zero-order chi connectivity index (χ0) is 15.7. The van der Waals surface area contributed by atoms with Crippen molar-refractivity contribution in [1.82, 2.24) is 0 Å². The van der Waals surface area contributed by atoms with E-state index < -0.39 is 0 Å². The number of aldehydes is 1. The molecule has 0 spiro atoms. The van der Waals surface area contributed by atoms with Crippen LogP contribution in [0.1, 0.15) is 24.0 Å². The van der Waals surface area contributed by atoms with E-state index in [4.69, 9.17) is 4.74 Å². The highest BCUT2D eigenvalue weighted by atomic mass is 79.9. The Bertz CT molecular complexity index is 736. The number of allylic oxidation sites excluding steroid dienone is 2. The summed E-state index contributed by atoms with van der Waals surface area (Å²) in [5.74, 6) is 1.19. The summed E-state index contributed by atoms with van der Waals surface area (Å²) in [6.07, 6.45) is 0.992. The summed E-state index contributed by atoms with van der Waals surface area (Å²) in [6.45, 7) is 2.00. The molecule has 4 heteroatoms. The maximum absolute atomic E-state index is 11.9. The number of halogens is 2. The Labute approximate surface area is 146 Å². The first kappa shape index (κ1) is 15.5. The molecule has 0 aromatic heterocycles. The topological polar surface area (TPSA) is 26.3 Å². The van der Waals surface area contributed by atoms with Crippen LogP contribution in [-0.4, -0.2) is 11.1 Å². The monoisotopic (exact) mass is 420 g/mol. The van der Waals surface area contributed by atoms with Crippen molar-refractivity contribution < 1.29 is 9.53 Å². The molecule has 0 radical (unpaired) electrons. The van der Waals surface area contributed by atoms with Crippen LogP contribution >= 0.6 is 31.9 Å². The fraction of sp³-hybridized carbons (Fsp3) is 0.167. The summed E-state index contributed by atoms with van der Waals surface area (Å²) in [7, 11) is 0. The second-order valence-corrected chi connectivity index (χ2v) is 7.45. The number of carbonyl (C=O) groups excluding carboxylic acids is 1. The highest BCUT2D eigenvalue weighted by Gasteiger charge is 2.32. The number of benzene rings is 2. The second-order valence-electron chi connectivity index (χ2n) is 5.16. The molecule has 2 nitrogen and oxygen atoms in total. The van der Waals surface area contributed by atoms with Crippen molar-refractivity contribution in [1.29, 1.82) is 0 Å². The molecular formula is C18H14Br2O2. The van der Waals surface area contributed by atoms with Gasteiger partial charge in [-0.1, -0.05) is 62.2 Å². The Hall–Kier alpha value is -1.39. The predicted molar refractivity (Wildman–Crippen MR) is 95.3 cm³/mol. The van der Waals surface area contributed by atoms with Gasteiger partial charge in [0.05, 0.1) is 10.7 Å². The number of ether oxygens (including phenoxy) is 1. The number of hydrogen-bond donors (Lipinski definition) is 0. The van der Waals surface area contributed by atoms with Crippen molar-refractivity contribution in [3.8, 4) is 5.75 Å². The molecule has 2 atom stereocenters. The normalized spacial score (nSPS) is 18.4. The van der Waals surface area contributed by atoms with Gasteiger partial charge < -0.3 is 9.53 Å². The lowest BCUT2D eigenvalue weighted by molar-refractivity contribution is -0.108. The molecule has 0 aliphatic carbocycles. The van der Waals surface area contributed by atoms with E-state index in [0.29, 0.717) is 0 Å². The average Bonchev–Trinajstić information content (AvgIpc) is 2.53. The standard InChI is InChI=1S/C18H14Br2O2/c1-11(19)18-17(12-5-3-2-4-6-12)15(10-21)14-9-13(20)7-8-16(14)22-18/h2-11,15H,1H3. The second kappa shape index (κ2) is 6.39. The zero-order valence-electron chi connectivity index (χ0n) is 11.9. The molecule has 1 aliphatic rings. The predicted octanol–water partition coefficient (Wildman–Crippen LogP) is 5.32. The van der Waals surface area contributed by atoms with E-state index in [0.717, 1.165) is 39.0 Å². The SMILES string of the molecule is CC(Br)C1=C(c2ccccc2)C(C=O)c2cc(Br)ccc2O1. The molecule has 112 valence electrons. The van der Waals surface area contributed by atoms with Crippen LogP contribution in [0.5, 0.6) is 5.75 Å².